The molecule has 6 nitrogen and oxygen atoms in total. The molecule has 2 rings (SSSR count). The molecule has 4 N–H and O–H groups in total. The Morgan fingerprint density at radius 2 is 2.20 bits per heavy atom. The number of nitrogens with one attached hydrogen (secondary N) is 2. The Kier molecular flexibility index (Phi) is 4.35. The van der Waals surface area contributed by atoms with Gasteiger partial charge < -0.3 is 10.3 Å². The van der Waals surface area contributed by atoms with Gasteiger partial charge in [0.05, 0.1) is 10.6 Å². The fourth-order valence-corrected chi connectivity index (χ4v) is 2.26. The number of H-pyrrole nitrogens is 1. The van der Waals surface area contributed by atoms with E-state index < -0.39 is 15.8 Å². The van der Waals surface area contributed by atoms with E-state index in [1.807, 2.05) is 0 Å². The van der Waals surface area contributed by atoms with Crippen LogP contribution >= 0.6 is 0 Å². The molecule has 0 bridgehead atoms. The van der Waals surface area contributed by atoms with E-state index in [4.69, 9.17) is 5.14 Å². The van der Waals surface area contributed by atoms with Gasteiger partial charge in [-0.2, -0.15) is 0 Å². The average molecular weight is 298 g/mol. The van der Waals surface area contributed by atoms with Crippen LogP contribution in [0.5, 0.6) is 0 Å². The number of aryl methyl sites for hydroxylation is 1. The molecule has 0 spiro atoms. The molecule has 0 aliphatic heterocycles. The number of aromatic nitrogens is 2. The Hall–Kier alpha value is -1.93. The Morgan fingerprint density at radius 3 is 2.80 bits per heavy atom. The molecule has 0 fully saturated rings. The van der Waals surface area contributed by atoms with Crippen molar-refractivity contribution in [3.63, 3.8) is 0 Å². The van der Waals surface area contributed by atoms with Gasteiger partial charge in [-0.1, -0.05) is 0 Å². The SMILES string of the molecule is NS(=O)(=O)c1ccc(NCCCc2ncc[nH]2)c(F)c1. The molecule has 0 aliphatic rings. The molecule has 1 aromatic heterocycles. The van der Waals surface area contributed by atoms with Gasteiger partial charge in [0.2, 0.25) is 10.0 Å². The van der Waals surface area contributed by atoms with Gasteiger partial charge >= 0.3 is 0 Å². The molecule has 0 saturated heterocycles. The van der Waals surface area contributed by atoms with Gasteiger partial charge in [0, 0.05) is 25.4 Å². The second-order valence-corrected chi connectivity index (χ2v) is 5.81. The van der Waals surface area contributed by atoms with Crippen LogP contribution in [0.2, 0.25) is 0 Å². The van der Waals surface area contributed by atoms with Crippen LogP contribution in [-0.2, 0) is 16.4 Å². The number of nitrogens with zero attached hydrogens (tertiary/aromatic N) is 1. The van der Waals surface area contributed by atoms with E-state index in [-0.39, 0.29) is 10.6 Å². The van der Waals surface area contributed by atoms with Crippen LogP contribution < -0.4 is 10.5 Å². The number of nitrogens with two attached hydrogens (primary N) is 1. The largest absolute Gasteiger partial charge is 0.383 e. The van der Waals surface area contributed by atoms with Crippen molar-refractivity contribution in [1.82, 2.24) is 9.97 Å². The molecular formula is C12H15FN4O2S. The molecule has 1 aromatic carbocycles. The molecule has 108 valence electrons. The zero-order chi connectivity index (χ0) is 14.6. The Labute approximate surface area is 116 Å². The van der Waals surface area contributed by atoms with E-state index >= 15 is 0 Å². The van der Waals surface area contributed by atoms with Crippen LogP contribution in [0.4, 0.5) is 10.1 Å². The molecule has 0 amide bonds. The predicted octanol–water partition coefficient (Wildman–Crippen LogP) is 1.24. The van der Waals surface area contributed by atoms with Gasteiger partial charge in [-0.05, 0) is 24.6 Å². The zero-order valence-corrected chi connectivity index (χ0v) is 11.5. The van der Waals surface area contributed by atoms with Crippen molar-refractivity contribution in [3.05, 3.63) is 42.2 Å². The molecule has 0 atom stereocenters. The monoisotopic (exact) mass is 298 g/mol. The van der Waals surface area contributed by atoms with E-state index in [0.717, 1.165) is 24.7 Å². The fourth-order valence-electron chi connectivity index (χ4n) is 1.73. The lowest BCUT2D eigenvalue weighted by molar-refractivity contribution is 0.592. The summed E-state index contributed by atoms with van der Waals surface area (Å²) in [7, 11) is -3.88. The summed E-state index contributed by atoms with van der Waals surface area (Å²) in [6.45, 7) is 0.548. The lowest BCUT2D eigenvalue weighted by Crippen LogP contribution is -2.13. The number of sulfonamides is 1. The lowest BCUT2D eigenvalue weighted by atomic mass is 10.2. The van der Waals surface area contributed by atoms with Gasteiger partial charge in [-0.3, -0.25) is 0 Å². The van der Waals surface area contributed by atoms with Crippen molar-refractivity contribution in [2.45, 2.75) is 17.7 Å². The topological polar surface area (TPSA) is 101 Å². The first-order chi connectivity index (χ1) is 9.47. The van der Waals surface area contributed by atoms with E-state index in [2.05, 4.69) is 15.3 Å². The van der Waals surface area contributed by atoms with Crippen LogP contribution in [0.25, 0.3) is 0 Å². The Balaban J connectivity index is 1.90. The molecular weight excluding hydrogens is 283 g/mol. The van der Waals surface area contributed by atoms with Crippen molar-refractivity contribution < 1.29 is 12.8 Å². The molecule has 0 saturated carbocycles. The Bertz CT molecular complexity index is 671. The maximum Gasteiger partial charge on any atom is 0.238 e. The van der Waals surface area contributed by atoms with Crippen LogP contribution in [0.3, 0.4) is 0 Å². The first-order valence-electron chi connectivity index (χ1n) is 6.01. The number of imidazole rings is 1. The minimum absolute atomic E-state index is 0.240. The van der Waals surface area contributed by atoms with Gasteiger partial charge in [0.25, 0.3) is 0 Å². The number of hydrogen-bond acceptors (Lipinski definition) is 4. The highest BCUT2D eigenvalue weighted by Crippen LogP contribution is 2.18. The third kappa shape index (κ3) is 3.78. The maximum atomic E-state index is 13.7. The van der Waals surface area contributed by atoms with Crippen molar-refractivity contribution in [2.75, 3.05) is 11.9 Å². The first kappa shape index (κ1) is 14.5. The van der Waals surface area contributed by atoms with E-state index in [0.29, 0.717) is 6.54 Å². The van der Waals surface area contributed by atoms with Crippen molar-refractivity contribution in [2.24, 2.45) is 5.14 Å². The predicted molar refractivity (Wildman–Crippen MR) is 73.2 cm³/mol. The number of benzene rings is 1. The number of primary sulfonamides is 1. The van der Waals surface area contributed by atoms with Crippen LogP contribution in [0.1, 0.15) is 12.2 Å². The number of aromatic amines is 1. The molecule has 2 aromatic rings. The summed E-state index contributed by atoms with van der Waals surface area (Å²) in [5.41, 5.74) is 0.247. The Morgan fingerprint density at radius 1 is 1.40 bits per heavy atom. The third-order valence-corrected chi connectivity index (χ3v) is 3.64. The second kappa shape index (κ2) is 6.02. The standard InChI is InChI=1S/C12H15FN4O2S/c13-10-8-9(20(14,18)19)3-4-11(10)15-5-1-2-12-16-6-7-17-12/h3-4,6-8,15H,1-2,5H2,(H,16,17)(H2,14,18,19). The summed E-state index contributed by atoms with van der Waals surface area (Å²) in [4.78, 5) is 6.82. The van der Waals surface area contributed by atoms with Crippen LogP contribution in [0.15, 0.2) is 35.5 Å². The second-order valence-electron chi connectivity index (χ2n) is 4.25. The third-order valence-electron chi connectivity index (χ3n) is 2.73. The van der Waals surface area contributed by atoms with Crippen LogP contribution in [0, 0.1) is 5.82 Å². The average Bonchev–Trinajstić information content (AvgIpc) is 2.88. The molecule has 0 aliphatic carbocycles. The normalized spacial score (nSPS) is 11.5. The molecule has 0 unspecified atom stereocenters. The van der Waals surface area contributed by atoms with E-state index in [1.165, 1.54) is 12.1 Å². The van der Waals surface area contributed by atoms with Crippen molar-refractivity contribution >= 4 is 15.7 Å². The van der Waals surface area contributed by atoms with E-state index in [1.54, 1.807) is 12.4 Å². The quantitative estimate of drug-likeness (QED) is 0.698. The van der Waals surface area contributed by atoms with E-state index in [9.17, 15) is 12.8 Å². The number of halogens is 1. The summed E-state index contributed by atoms with van der Waals surface area (Å²) in [5.74, 6) is 0.228. The maximum absolute atomic E-state index is 13.7. The summed E-state index contributed by atoms with van der Waals surface area (Å²) >= 11 is 0. The van der Waals surface area contributed by atoms with Crippen molar-refractivity contribution in [3.8, 4) is 0 Å². The highest BCUT2D eigenvalue weighted by Gasteiger charge is 2.11. The highest BCUT2D eigenvalue weighted by molar-refractivity contribution is 7.89. The first-order valence-corrected chi connectivity index (χ1v) is 7.56. The minimum atomic E-state index is -3.88. The fraction of sp³-hybridized carbons (Fsp3) is 0.250. The van der Waals surface area contributed by atoms with Gasteiger partial charge in [0.1, 0.15) is 11.6 Å². The molecule has 0 radical (unpaired) electrons. The van der Waals surface area contributed by atoms with Gasteiger partial charge in [-0.15, -0.1) is 0 Å². The molecule has 8 heteroatoms. The summed E-state index contributed by atoms with van der Waals surface area (Å²) < 4.78 is 35.8. The van der Waals surface area contributed by atoms with Crippen molar-refractivity contribution in [1.29, 1.82) is 0 Å². The van der Waals surface area contributed by atoms with Gasteiger partial charge in [0.15, 0.2) is 0 Å². The number of rotatable bonds is 6. The zero-order valence-electron chi connectivity index (χ0n) is 10.6. The van der Waals surface area contributed by atoms with Gasteiger partial charge in [-0.25, -0.2) is 22.9 Å². The molecule has 20 heavy (non-hydrogen) atoms. The summed E-state index contributed by atoms with van der Waals surface area (Å²) in [5, 5.41) is 7.83. The highest BCUT2D eigenvalue weighted by atomic mass is 32.2. The number of anilines is 1. The summed E-state index contributed by atoms with van der Waals surface area (Å²) in [6, 6.07) is 3.54. The molecule has 1 heterocycles. The lowest BCUT2D eigenvalue weighted by Gasteiger charge is -2.08. The minimum Gasteiger partial charge on any atom is -0.383 e. The summed E-state index contributed by atoms with van der Waals surface area (Å²) in [6.07, 6.45) is 4.93. The smallest absolute Gasteiger partial charge is 0.238 e. The number of hydrogen-bond donors (Lipinski definition) is 3. The van der Waals surface area contributed by atoms with Crippen LogP contribution in [-0.4, -0.2) is 24.9 Å².